The van der Waals surface area contributed by atoms with Crippen LogP contribution in [0.4, 0.5) is 4.79 Å². The molecule has 4 bridgehead atoms. The summed E-state index contributed by atoms with van der Waals surface area (Å²) in [5, 5.41) is 27.1. The van der Waals surface area contributed by atoms with Gasteiger partial charge in [0.05, 0.1) is 12.6 Å². The predicted octanol–water partition coefficient (Wildman–Crippen LogP) is 2.64. The van der Waals surface area contributed by atoms with Crippen LogP contribution in [-0.4, -0.2) is 59.8 Å². The van der Waals surface area contributed by atoms with Crippen molar-refractivity contribution in [3.8, 4) is 0 Å². The number of aromatic amines is 1. The predicted molar refractivity (Wildman–Crippen MR) is 165 cm³/mol. The number of hydrogen-bond donors (Lipinski definition) is 7. The standard InChI is InChI=1S/C32H41N5O6S/c1-32(16-24-17-33-26-10-6-5-9-25(24)26,30(40)34-27(18-38)29(39)21-7-3-2-4-8-21)35-31(41)37-44(42,43)36-28-22-12-19-11-20(14-22)15-23(28)13-19/h2-10,17,19-20,22-23,27-29,33,36,38-39H,11-16,18H2,1H3,(H,34,40)(H2,35,37,41). The molecule has 0 aliphatic heterocycles. The van der Waals surface area contributed by atoms with Crippen molar-refractivity contribution >= 4 is 33.1 Å². The number of urea groups is 1. The zero-order valence-electron chi connectivity index (χ0n) is 24.7. The van der Waals surface area contributed by atoms with Crippen LogP contribution in [0.5, 0.6) is 0 Å². The molecule has 3 amide bonds. The number of rotatable bonds is 11. The lowest BCUT2D eigenvalue weighted by Gasteiger charge is -2.54. The largest absolute Gasteiger partial charge is 0.394 e. The van der Waals surface area contributed by atoms with E-state index in [-0.39, 0.29) is 24.3 Å². The van der Waals surface area contributed by atoms with Crippen LogP contribution in [0.1, 0.15) is 56.3 Å². The van der Waals surface area contributed by atoms with Gasteiger partial charge in [-0.05, 0) is 79.9 Å². The molecule has 1 heterocycles. The Bertz CT molecular complexity index is 1580. The maximum absolute atomic E-state index is 13.9. The SMILES string of the molecule is CC(Cc1c[nH]c2ccccc12)(NC(=O)NS(=O)(=O)NC1C2CC3CC(C2)CC1C3)C(=O)NC(CO)C(O)c1ccccc1. The summed E-state index contributed by atoms with van der Waals surface area (Å²) in [6, 6.07) is 13.8. The number of para-hydroxylation sites is 1. The van der Waals surface area contributed by atoms with Gasteiger partial charge in [0.15, 0.2) is 0 Å². The first-order valence-electron chi connectivity index (χ1n) is 15.4. The Morgan fingerprint density at radius 3 is 2.27 bits per heavy atom. The normalized spacial score (nSPS) is 26.9. The second kappa shape index (κ2) is 12.2. The summed E-state index contributed by atoms with van der Waals surface area (Å²) in [6.45, 7) is 0.922. The van der Waals surface area contributed by atoms with Crippen LogP contribution in [0.15, 0.2) is 60.8 Å². The monoisotopic (exact) mass is 623 g/mol. The van der Waals surface area contributed by atoms with Gasteiger partial charge in [-0.1, -0.05) is 48.5 Å². The molecule has 7 rings (SSSR count). The van der Waals surface area contributed by atoms with E-state index in [1.807, 2.05) is 24.3 Å². The lowest BCUT2D eigenvalue weighted by atomic mass is 9.54. The molecule has 11 nitrogen and oxygen atoms in total. The molecule has 4 saturated carbocycles. The second-order valence-corrected chi connectivity index (χ2v) is 14.6. The molecule has 2 aromatic carbocycles. The average molecular weight is 624 g/mol. The van der Waals surface area contributed by atoms with Crippen molar-refractivity contribution in [2.75, 3.05) is 6.61 Å². The highest BCUT2D eigenvalue weighted by atomic mass is 32.2. The highest BCUT2D eigenvalue weighted by molar-refractivity contribution is 7.88. The van der Waals surface area contributed by atoms with E-state index in [0.29, 0.717) is 17.4 Å². The Hall–Kier alpha value is -3.45. The number of aliphatic hydroxyl groups is 2. The Labute approximate surface area is 257 Å². The van der Waals surface area contributed by atoms with Crippen molar-refractivity contribution in [2.24, 2.45) is 23.7 Å². The molecular weight excluding hydrogens is 582 g/mol. The molecule has 4 aliphatic rings. The molecule has 3 unspecified atom stereocenters. The fraction of sp³-hybridized carbons (Fsp3) is 0.500. The molecule has 7 N–H and O–H groups in total. The molecule has 0 radical (unpaired) electrons. The number of carbonyl (C=O) groups is 2. The number of nitrogens with one attached hydrogen (secondary N) is 5. The minimum Gasteiger partial charge on any atom is -0.394 e. The zero-order valence-corrected chi connectivity index (χ0v) is 25.5. The summed E-state index contributed by atoms with van der Waals surface area (Å²) in [7, 11) is -4.23. The van der Waals surface area contributed by atoms with Crippen molar-refractivity contribution < 1.29 is 28.2 Å². The Morgan fingerprint density at radius 2 is 1.61 bits per heavy atom. The maximum Gasteiger partial charge on any atom is 0.330 e. The van der Waals surface area contributed by atoms with Gasteiger partial charge in [0.2, 0.25) is 5.91 Å². The number of aliphatic hydroxyl groups excluding tert-OH is 2. The molecule has 236 valence electrons. The maximum atomic E-state index is 13.9. The Kier molecular flexibility index (Phi) is 8.44. The zero-order chi connectivity index (χ0) is 31.1. The fourth-order valence-electron chi connectivity index (χ4n) is 8.00. The number of fused-ring (bicyclic) bond motifs is 1. The number of hydrogen-bond acceptors (Lipinski definition) is 6. The van der Waals surface area contributed by atoms with Gasteiger partial charge in [0.25, 0.3) is 0 Å². The minimum atomic E-state index is -4.23. The van der Waals surface area contributed by atoms with E-state index >= 15 is 0 Å². The molecule has 3 atom stereocenters. The van der Waals surface area contributed by atoms with E-state index in [0.717, 1.165) is 42.1 Å². The highest BCUT2D eigenvalue weighted by Crippen LogP contribution is 2.53. The molecule has 12 heteroatoms. The lowest BCUT2D eigenvalue weighted by molar-refractivity contribution is -0.128. The van der Waals surface area contributed by atoms with Gasteiger partial charge in [0, 0.05) is 29.6 Å². The summed E-state index contributed by atoms with van der Waals surface area (Å²) in [4.78, 5) is 30.3. The second-order valence-electron chi connectivity index (χ2n) is 13.1. The van der Waals surface area contributed by atoms with Gasteiger partial charge in [-0.15, -0.1) is 0 Å². The smallest absolute Gasteiger partial charge is 0.330 e. The third kappa shape index (κ3) is 6.35. The van der Waals surface area contributed by atoms with Crippen molar-refractivity contribution in [3.63, 3.8) is 0 Å². The van der Waals surface area contributed by atoms with E-state index < -0.39 is 46.4 Å². The van der Waals surface area contributed by atoms with E-state index in [4.69, 9.17) is 0 Å². The number of benzene rings is 2. The number of aromatic nitrogens is 1. The van der Waals surface area contributed by atoms with Gasteiger partial charge < -0.3 is 25.8 Å². The fourth-order valence-corrected chi connectivity index (χ4v) is 9.10. The van der Waals surface area contributed by atoms with Crippen molar-refractivity contribution in [2.45, 2.75) is 69.2 Å². The molecule has 4 aliphatic carbocycles. The van der Waals surface area contributed by atoms with Crippen molar-refractivity contribution in [1.29, 1.82) is 0 Å². The van der Waals surface area contributed by atoms with Gasteiger partial charge in [-0.25, -0.2) is 9.52 Å². The first-order valence-corrected chi connectivity index (χ1v) is 16.8. The summed E-state index contributed by atoms with van der Waals surface area (Å²) < 4.78 is 31.2. The Morgan fingerprint density at radius 1 is 0.977 bits per heavy atom. The molecule has 1 aromatic heterocycles. The highest BCUT2D eigenvalue weighted by Gasteiger charge is 2.49. The van der Waals surface area contributed by atoms with Gasteiger partial charge in [-0.2, -0.15) is 13.1 Å². The first-order chi connectivity index (χ1) is 21.0. The van der Waals surface area contributed by atoms with Crippen LogP contribution in [0.25, 0.3) is 10.9 Å². The summed E-state index contributed by atoms with van der Waals surface area (Å²) >= 11 is 0. The minimum absolute atomic E-state index is 0.00112. The number of amides is 3. The molecule has 4 fully saturated rings. The summed E-state index contributed by atoms with van der Waals surface area (Å²) in [6.07, 6.45) is 5.80. The van der Waals surface area contributed by atoms with E-state index in [2.05, 4.69) is 25.1 Å². The summed E-state index contributed by atoms with van der Waals surface area (Å²) in [5.41, 5.74) is 0.386. The van der Waals surface area contributed by atoms with Crippen LogP contribution in [0, 0.1) is 23.7 Å². The van der Waals surface area contributed by atoms with Crippen molar-refractivity contribution in [1.82, 2.24) is 25.1 Å². The lowest BCUT2D eigenvalue weighted by Crippen LogP contribution is -2.64. The van der Waals surface area contributed by atoms with E-state index in [1.165, 1.54) is 13.3 Å². The average Bonchev–Trinajstić information content (AvgIpc) is 3.39. The van der Waals surface area contributed by atoms with Gasteiger partial charge in [-0.3, -0.25) is 4.79 Å². The molecular formula is C32H41N5O6S. The van der Waals surface area contributed by atoms with E-state index in [9.17, 15) is 28.2 Å². The topological polar surface area (TPSA) is 173 Å². The Balaban J connectivity index is 1.19. The van der Waals surface area contributed by atoms with E-state index in [1.54, 1.807) is 36.5 Å². The number of carbonyl (C=O) groups excluding carboxylic acids is 2. The third-order valence-corrected chi connectivity index (χ3v) is 10.9. The number of H-pyrrole nitrogens is 1. The quantitative estimate of drug-likeness (QED) is 0.173. The van der Waals surface area contributed by atoms with Crippen LogP contribution >= 0.6 is 0 Å². The molecule has 0 saturated heterocycles. The summed E-state index contributed by atoms with van der Waals surface area (Å²) in [5.74, 6) is 1.19. The first kappa shape index (κ1) is 30.6. The molecule has 44 heavy (non-hydrogen) atoms. The van der Waals surface area contributed by atoms with Crippen LogP contribution in [0.2, 0.25) is 0 Å². The van der Waals surface area contributed by atoms with Gasteiger partial charge >= 0.3 is 16.2 Å². The van der Waals surface area contributed by atoms with Gasteiger partial charge in [0.1, 0.15) is 11.6 Å². The van der Waals surface area contributed by atoms with Crippen LogP contribution < -0.4 is 20.1 Å². The molecule has 3 aromatic rings. The van der Waals surface area contributed by atoms with Crippen molar-refractivity contribution in [3.05, 3.63) is 71.9 Å². The molecule has 0 spiro atoms. The van der Waals surface area contributed by atoms with Crippen LogP contribution in [0.3, 0.4) is 0 Å². The van der Waals surface area contributed by atoms with Crippen LogP contribution in [-0.2, 0) is 21.4 Å². The third-order valence-electron chi connectivity index (χ3n) is 9.89.